The minimum Gasteiger partial charge on any atom is -0.464 e. The second-order valence-electron chi connectivity index (χ2n) is 14.4. The lowest BCUT2D eigenvalue weighted by molar-refractivity contribution is 0.616. The Morgan fingerprint density at radius 1 is 0.364 bits per heavy atom. The minimum atomic E-state index is 0.820. The Hall–Kier alpha value is -7.36. The number of benzene rings is 9. The predicted octanol–water partition coefficient (Wildman–Crippen LogP) is 14.7. The molecule has 0 unspecified atom stereocenters. The summed E-state index contributed by atoms with van der Waals surface area (Å²) in [7, 11) is 0. The van der Waals surface area contributed by atoms with E-state index < -0.39 is 0 Å². The quantitative estimate of drug-likeness (QED) is 0.171. The summed E-state index contributed by atoms with van der Waals surface area (Å²) in [5, 5.41) is 10.6. The third-order valence-electron chi connectivity index (χ3n) is 11.5. The van der Waals surface area contributed by atoms with Crippen LogP contribution in [0.3, 0.4) is 0 Å². The summed E-state index contributed by atoms with van der Waals surface area (Å²) in [4.78, 5) is 0. The van der Waals surface area contributed by atoms with Crippen LogP contribution in [0.1, 0.15) is 0 Å². The van der Waals surface area contributed by atoms with Gasteiger partial charge in [-0.3, -0.25) is 0 Å². The largest absolute Gasteiger partial charge is 0.464 e. The number of nitrogens with zero attached hydrogens (tertiary/aromatic N) is 1. The van der Waals surface area contributed by atoms with Crippen molar-refractivity contribution in [2.75, 3.05) is 0 Å². The number of fused-ring (bicyclic) bond motifs is 10. The summed E-state index contributed by atoms with van der Waals surface area (Å²) in [5.74, 6) is 0. The zero-order valence-electron chi connectivity index (χ0n) is 29.7. The number of furan rings is 2. The first-order chi connectivity index (χ1) is 27.3. The Morgan fingerprint density at radius 2 is 0.909 bits per heavy atom. The Labute approximate surface area is 315 Å². The van der Waals surface area contributed by atoms with Crippen LogP contribution in [0.25, 0.3) is 115 Å². The third kappa shape index (κ3) is 4.38. The molecule has 3 aromatic heterocycles. The smallest absolute Gasteiger partial charge is 0.147 e. The maximum absolute atomic E-state index is 6.67. The van der Waals surface area contributed by atoms with Crippen LogP contribution in [0, 0.1) is 0 Å². The first-order valence-corrected chi connectivity index (χ1v) is 18.7. The van der Waals surface area contributed by atoms with Gasteiger partial charge in [-0.2, -0.15) is 0 Å². The number of rotatable bonds is 4. The van der Waals surface area contributed by atoms with Crippen LogP contribution in [0.4, 0.5) is 0 Å². The van der Waals surface area contributed by atoms with E-state index in [9.17, 15) is 0 Å². The van der Waals surface area contributed by atoms with E-state index in [0.717, 1.165) is 55.3 Å². The molecule has 0 saturated heterocycles. The van der Waals surface area contributed by atoms with Crippen molar-refractivity contribution in [1.82, 2.24) is 4.57 Å². The molecule has 3 heterocycles. The molecule has 256 valence electrons. The third-order valence-corrected chi connectivity index (χ3v) is 11.5. The van der Waals surface area contributed by atoms with Gasteiger partial charge >= 0.3 is 0 Å². The zero-order chi connectivity index (χ0) is 36.0. The second kappa shape index (κ2) is 11.6. The van der Waals surface area contributed by atoms with Crippen molar-refractivity contribution >= 4 is 76.3 Å². The number of hydrogen-bond acceptors (Lipinski definition) is 2. The normalized spacial score (nSPS) is 12.0. The van der Waals surface area contributed by atoms with Crippen molar-refractivity contribution < 1.29 is 8.83 Å². The van der Waals surface area contributed by atoms with Crippen LogP contribution in [-0.4, -0.2) is 4.57 Å². The molecular weight excluding hydrogens is 671 g/mol. The fourth-order valence-electron chi connectivity index (χ4n) is 9.07. The van der Waals surface area contributed by atoms with Crippen molar-refractivity contribution in [3.05, 3.63) is 188 Å². The average Bonchev–Trinajstić information content (AvgIpc) is 3.95. The van der Waals surface area contributed by atoms with Gasteiger partial charge in [0.05, 0.1) is 22.7 Å². The van der Waals surface area contributed by atoms with E-state index in [1.165, 1.54) is 60.0 Å². The molecule has 9 aromatic carbocycles. The highest BCUT2D eigenvalue weighted by molar-refractivity contribution is 6.24. The van der Waals surface area contributed by atoms with E-state index in [-0.39, 0.29) is 0 Å². The van der Waals surface area contributed by atoms with E-state index >= 15 is 0 Å². The lowest BCUT2D eigenvalue weighted by Gasteiger charge is -2.18. The number of para-hydroxylation sites is 2. The van der Waals surface area contributed by atoms with Gasteiger partial charge in [-0.15, -0.1) is 0 Å². The van der Waals surface area contributed by atoms with Crippen LogP contribution in [0.15, 0.2) is 197 Å². The highest BCUT2D eigenvalue weighted by Crippen LogP contribution is 2.47. The molecule has 0 radical (unpaired) electrons. The van der Waals surface area contributed by atoms with Crippen molar-refractivity contribution in [3.63, 3.8) is 0 Å². The monoisotopic (exact) mass is 701 g/mol. The molecule has 0 saturated carbocycles. The molecule has 0 bridgehead atoms. The van der Waals surface area contributed by atoms with E-state index in [2.05, 4.69) is 180 Å². The molecule has 0 aliphatic heterocycles. The highest BCUT2D eigenvalue weighted by atomic mass is 16.3. The molecule has 12 rings (SSSR count). The van der Waals surface area contributed by atoms with Gasteiger partial charge in [-0.05, 0) is 97.9 Å². The Kier molecular flexibility index (Phi) is 6.34. The highest BCUT2D eigenvalue weighted by Gasteiger charge is 2.21. The lowest BCUT2D eigenvalue weighted by atomic mass is 9.85. The topological polar surface area (TPSA) is 31.2 Å². The summed E-state index contributed by atoms with van der Waals surface area (Å²) in [6.07, 6.45) is 1.84. The Morgan fingerprint density at radius 3 is 1.62 bits per heavy atom. The first-order valence-electron chi connectivity index (χ1n) is 18.7. The van der Waals surface area contributed by atoms with Crippen molar-refractivity contribution in [1.29, 1.82) is 0 Å². The van der Waals surface area contributed by atoms with Crippen LogP contribution in [-0.2, 0) is 0 Å². The fraction of sp³-hybridized carbons (Fsp3) is 0. The van der Waals surface area contributed by atoms with E-state index in [4.69, 9.17) is 8.83 Å². The van der Waals surface area contributed by atoms with E-state index in [1.54, 1.807) is 0 Å². The second-order valence-corrected chi connectivity index (χ2v) is 14.4. The SMILES string of the molecule is c1ccc(-c2coc3ccc4c5cc(-c6c7ccccc7c(-c7ccc8c9ccccc9n(-c9ccccc9)c8c7)c7ccccc67)ccc5oc4c23)cc1. The summed E-state index contributed by atoms with van der Waals surface area (Å²) >= 11 is 0. The van der Waals surface area contributed by atoms with Crippen molar-refractivity contribution in [3.8, 4) is 39.1 Å². The molecular formula is C52H31NO2. The van der Waals surface area contributed by atoms with E-state index in [1.807, 2.05) is 12.3 Å². The molecule has 0 amide bonds. The molecule has 3 heteroatoms. The molecule has 0 fully saturated rings. The zero-order valence-corrected chi connectivity index (χ0v) is 29.7. The van der Waals surface area contributed by atoms with Gasteiger partial charge in [0.1, 0.15) is 16.7 Å². The Balaban J connectivity index is 1.11. The standard InChI is InChI=1S/C52H31NO2/c1-3-13-32(14-4-1)44-31-54-48-28-26-42-43-29-33(24-27-47(43)55-52(42)51(44)48)49-38-18-7-9-20-40(38)50(41-21-10-8-19-39(41)49)34-23-25-37-36-17-11-12-22-45(36)53(46(37)30-34)35-15-5-2-6-16-35/h1-31H. The summed E-state index contributed by atoms with van der Waals surface area (Å²) in [6, 6.07) is 65.4. The molecule has 0 aliphatic carbocycles. The maximum Gasteiger partial charge on any atom is 0.147 e. The molecule has 12 aromatic rings. The minimum absolute atomic E-state index is 0.820. The van der Waals surface area contributed by atoms with Crippen molar-refractivity contribution in [2.45, 2.75) is 0 Å². The van der Waals surface area contributed by atoms with Gasteiger partial charge in [0.15, 0.2) is 0 Å². The van der Waals surface area contributed by atoms with Gasteiger partial charge in [-0.25, -0.2) is 0 Å². The van der Waals surface area contributed by atoms with Gasteiger partial charge in [-0.1, -0.05) is 133 Å². The van der Waals surface area contributed by atoms with Crippen molar-refractivity contribution in [2.24, 2.45) is 0 Å². The van der Waals surface area contributed by atoms with Crippen LogP contribution >= 0.6 is 0 Å². The molecule has 0 spiro atoms. The summed E-state index contributed by atoms with van der Waals surface area (Å²) in [5.41, 5.74) is 13.1. The predicted molar refractivity (Wildman–Crippen MR) is 229 cm³/mol. The number of hydrogen-bond donors (Lipinski definition) is 0. The van der Waals surface area contributed by atoms with E-state index in [0.29, 0.717) is 0 Å². The summed E-state index contributed by atoms with van der Waals surface area (Å²) in [6.45, 7) is 0. The molecule has 55 heavy (non-hydrogen) atoms. The lowest BCUT2D eigenvalue weighted by Crippen LogP contribution is -1.94. The van der Waals surface area contributed by atoms with Gasteiger partial charge in [0.2, 0.25) is 0 Å². The Bertz CT molecular complexity index is 3420. The number of aromatic nitrogens is 1. The fourth-order valence-corrected chi connectivity index (χ4v) is 9.07. The van der Waals surface area contributed by atoms with Gasteiger partial charge in [0.25, 0.3) is 0 Å². The molecule has 3 nitrogen and oxygen atoms in total. The maximum atomic E-state index is 6.67. The van der Waals surface area contributed by atoms with Gasteiger partial charge < -0.3 is 13.4 Å². The molecule has 0 N–H and O–H groups in total. The van der Waals surface area contributed by atoms with Crippen LogP contribution in [0.2, 0.25) is 0 Å². The van der Waals surface area contributed by atoms with Gasteiger partial charge in [0, 0.05) is 32.8 Å². The molecule has 0 atom stereocenters. The first kappa shape index (κ1) is 30.1. The molecule has 0 aliphatic rings. The summed E-state index contributed by atoms with van der Waals surface area (Å²) < 4.78 is 15.1. The van der Waals surface area contributed by atoms with Crippen LogP contribution in [0.5, 0.6) is 0 Å². The van der Waals surface area contributed by atoms with Crippen LogP contribution < -0.4 is 0 Å². The average molecular weight is 702 g/mol.